The van der Waals surface area contributed by atoms with Gasteiger partial charge in [-0.25, -0.2) is 4.39 Å². The summed E-state index contributed by atoms with van der Waals surface area (Å²) in [4.78, 5) is 10.1. The average Bonchev–Trinajstić information content (AvgIpc) is 2.38. The molecule has 0 saturated carbocycles. The molecule has 1 N–H and O–H groups in total. The highest BCUT2D eigenvalue weighted by molar-refractivity contribution is 14.1. The number of benzene rings is 2. The molecule has 0 aromatic heterocycles. The molecule has 0 spiro atoms. The fraction of sp³-hybridized carbons (Fsp3) is 0.0769. The first-order valence-corrected chi connectivity index (χ1v) is 7.05. The van der Waals surface area contributed by atoms with Crippen molar-refractivity contribution in [3.63, 3.8) is 0 Å². The summed E-state index contributed by atoms with van der Waals surface area (Å²) in [6.07, 6.45) is 0. The topological polar surface area (TPSA) is 55.2 Å². The number of nitro benzene ring substituents is 1. The molecule has 20 heavy (non-hydrogen) atoms. The number of nitrogens with zero attached hydrogens (tertiary/aromatic N) is 1. The smallest absolute Gasteiger partial charge is 0.270 e. The SMILES string of the molecule is O=[N+]([O-])c1ccc(CNc2ccc(F)cc2I)c(Cl)c1. The third kappa shape index (κ3) is 3.57. The number of nitro groups is 1. The van der Waals surface area contributed by atoms with Gasteiger partial charge in [-0.1, -0.05) is 11.6 Å². The summed E-state index contributed by atoms with van der Waals surface area (Å²) in [5, 5.41) is 14.1. The van der Waals surface area contributed by atoms with Crippen LogP contribution in [-0.2, 0) is 6.54 Å². The van der Waals surface area contributed by atoms with Crippen molar-refractivity contribution < 1.29 is 9.31 Å². The van der Waals surface area contributed by atoms with E-state index in [9.17, 15) is 14.5 Å². The molecule has 0 bridgehead atoms. The molecule has 0 fully saturated rings. The van der Waals surface area contributed by atoms with E-state index in [1.165, 1.54) is 24.3 Å². The highest BCUT2D eigenvalue weighted by Crippen LogP contribution is 2.25. The molecule has 0 radical (unpaired) electrons. The van der Waals surface area contributed by atoms with Gasteiger partial charge in [0.2, 0.25) is 0 Å². The molecular formula is C13H9ClFIN2O2. The number of hydrogen-bond acceptors (Lipinski definition) is 3. The van der Waals surface area contributed by atoms with Gasteiger partial charge < -0.3 is 5.32 Å². The van der Waals surface area contributed by atoms with Gasteiger partial charge in [0.15, 0.2) is 0 Å². The summed E-state index contributed by atoms with van der Waals surface area (Å²) < 4.78 is 13.7. The number of nitrogens with one attached hydrogen (secondary N) is 1. The van der Waals surface area contributed by atoms with Gasteiger partial charge >= 0.3 is 0 Å². The van der Waals surface area contributed by atoms with Gasteiger partial charge in [0, 0.05) is 27.9 Å². The maximum atomic E-state index is 13.0. The van der Waals surface area contributed by atoms with E-state index in [0.717, 1.165) is 14.8 Å². The molecule has 7 heteroatoms. The summed E-state index contributed by atoms with van der Waals surface area (Å²) in [7, 11) is 0. The molecule has 0 atom stereocenters. The van der Waals surface area contributed by atoms with E-state index < -0.39 is 4.92 Å². The van der Waals surface area contributed by atoms with Crippen molar-refractivity contribution in [2.24, 2.45) is 0 Å². The molecule has 4 nitrogen and oxygen atoms in total. The summed E-state index contributed by atoms with van der Waals surface area (Å²) in [5.74, 6) is -0.298. The first-order valence-electron chi connectivity index (χ1n) is 5.59. The van der Waals surface area contributed by atoms with Gasteiger partial charge in [0.1, 0.15) is 5.82 Å². The molecule has 0 aliphatic rings. The number of non-ortho nitro benzene ring substituents is 1. The van der Waals surface area contributed by atoms with Crippen LogP contribution < -0.4 is 5.32 Å². The Balaban J connectivity index is 2.13. The van der Waals surface area contributed by atoms with Crippen LogP contribution in [0.2, 0.25) is 5.02 Å². The van der Waals surface area contributed by atoms with Gasteiger partial charge in [0.05, 0.1) is 9.95 Å². The van der Waals surface area contributed by atoms with E-state index in [4.69, 9.17) is 11.6 Å². The Morgan fingerprint density at radius 3 is 2.65 bits per heavy atom. The minimum Gasteiger partial charge on any atom is -0.380 e. The van der Waals surface area contributed by atoms with E-state index in [0.29, 0.717) is 11.6 Å². The fourth-order valence-corrected chi connectivity index (χ4v) is 2.53. The lowest BCUT2D eigenvalue weighted by molar-refractivity contribution is -0.384. The Morgan fingerprint density at radius 2 is 2.05 bits per heavy atom. The number of halogens is 3. The Kier molecular flexibility index (Phi) is 4.77. The lowest BCUT2D eigenvalue weighted by Crippen LogP contribution is -2.02. The maximum absolute atomic E-state index is 13.0. The van der Waals surface area contributed by atoms with Gasteiger partial charge in [-0.3, -0.25) is 10.1 Å². The molecule has 2 aromatic rings. The molecule has 104 valence electrons. The zero-order valence-electron chi connectivity index (χ0n) is 10.1. The van der Waals surface area contributed by atoms with Crippen molar-refractivity contribution in [2.45, 2.75) is 6.54 Å². The van der Waals surface area contributed by atoms with Gasteiger partial charge in [-0.2, -0.15) is 0 Å². The Labute approximate surface area is 133 Å². The summed E-state index contributed by atoms with van der Waals surface area (Å²) in [6.45, 7) is 0.401. The molecule has 0 heterocycles. The third-order valence-electron chi connectivity index (χ3n) is 2.65. The predicted molar refractivity (Wildman–Crippen MR) is 84.6 cm³/mol. The Bertz CT molecular complexity index is 667. The van der Waals surface area contributed by atoms with E-state index in [2.05, 4.69) is 5.32 Å². The monoisotopic (exact) mass is 406 g/mol. The van der Waals surface area contributed by atoms with Gasteiger partial charge in [-0.05, 0) is 52.4 Å². The zero-order valence-corrected chi connectivity index (χ0v) is 13.0. The van der Waals surface area contributed by atoms with E-state index in [-0.39, 0.29) is 11.5 Å². The summed E-state index contributed by atoms with van der Waals surface area (Å²) >= 11 is 8.02. The third-order valence-corrected chi connectivity index (χ3v) is 3.89. The van der Waals surface area contributed by atoms with Crippen LogP contribution in [0.15, 0.2) is 36.4 Å². The normalized spacial score (nSPS) is 10.3. The minimum absolute atomic E-state index is 0.0462. The maximum Gasteiger partial charge on any atom is 0.270 e. The molecule has 0 aliphatic carbocycles. The predicted octanol–water partition coefficient (Wildman–Crippen LogP) is 4.60. The quantitative estimate of drug-likeness (QED) is 0.458. The van der Waals surface area contributed by atoms with Crippen molar-refractivity contribution in [3.05, 3.63) is 66.5 Å². The van der Waals surface area contributed by atoms with Crippen molar-refractivity contribution in [3.8, 4) is 0 Å². The van der Waals surface area contributed by atoms with Crippen LogP contribution in [0.4, 0.5) is 15.8 Å². The number of hydrogen-bond donors (Lipinski definition) is 1. The molecule has 2 aromatic carbocycles. The zero-order chi connectivity index (χ0) is 14.7. The second-order valence-corrected chi connectivity index (χ2v) is 5.58. The lowest BCUT2D eigenvalue weighted by Gasteiger charge is -2.10. The highest BCUT2D eigenvalue weighted by atomic mass is 127. The summed E-state index contributed by atoms with van der Waals surface area (Å²) in [5.41, 5.74) is 1.47. The van der Waals surface area contributed by atoms with E-state index in [1.807, 2.05) is 22.6 Å². The second-order valence-electron chi connectivity index (χ2n) is 4.01. The minimum atomic E-state index is -0.494. The van der Waals surface area contributed by atoms with Crippen LogP contribution >= 0.6 is 34.2 Å². The van der Waals surface area contributed by atoms with Crippen molar-refractivity contribution in [1.29, 1.82) is 0 Å². The van der Waals surface area contributed by atoms with E-state index >= 15 is 0 Å². The average molecular weight is 407 g/mol. The van der Waals surface area contributed by atoms with Crippen LogP contribution in [0.1, 0.15) is 5.56 Å². The van der Waals surface area contributed by atoms with Crippen LogP contribution in [0.25, 0.3) is 0 Å². The fourth-order valence-electron chi connectivity index (χ4n) is 1.62. The molecule has 0 saturated heterocycles. The summed E-state index contributed by atoms with van der Waals surface area (Å²) in [6, 6.07) is 8.73. The second kappa shape index (κ2) is 6.36. The van der Waals surface area contributed by atoms with Crippen LogP contribution in [0.5, 0.6) is 0 Å². The largest absolute Gasteiger partial charge is 0.380 e. The lowest BCUT2D eigenvalue weighted by atomic mass is 10.2. The Morgan fingerprint density at radius 1 is 1.30 bits per heavy atom. The van der Waals surface area contributed by atoms with Crippen LogP contribution in [0, 0.1) is 19.5 Å². The van der Waals surface area contributed by atoms with Gasteiger partial charge in [0.25, 0.3) is 5.69 Å². The van der Waals surface area contributed by atoms with Crippen molar-refractivity contribution in [1.82, 2.24) is 0 Å². The number of anilines is 1. The van der Waals surface area contributed by atoms with Crippen LogP contribution in [0.3, 0.4) is 0 Å². The molecule has 2 rings (SSSR count). The first kappa shape index (κ1) is 15.0. The van der Waals surface area contributed by atoms with Crippen LogP contribution in [-0.4, -0.2) is 4.92 Å². The molecule has 0 amide bonds. The first-order chi connectivity index (χ1) is 9.47. The van der Waals surface area contributed by atoms with E-state index in [1.54, 1.807) is 12.1 Å². The van der Waals surface area contributed by atoms with Crippen molar-refractivity contribution >= 4 is 45.6 Å². The number of rotatable bonds is 4. The molecule has 0 unspecified atom stereocenters. The Hall–Kier alpha value is -1.41. The highest BCUT2D eigenvalue weighted by Gasteiger charge is 2.09. The van der Waals surface area contributed by atoms with Crippen molar-refractivity contribution in [2.75, 3.05) is 5.32 Å². The molecule has 0 aliphatic heterocycles. The van der Waals surface area contributed by atoms with Gasteiger partial charge in [-0.15, -0.1) is 0 Å². The molecular weight excluding hydrogens is 398 g/mol. The standard InChI is InChI=1S/C13H9ClFIN2O2/c14-11-6-10(18(19)20)3-1-8(11)7-17-13-4-2-9(15)5-12(13)16/h1-6,17H,7H2.